The third-order valence-corrected chi connectivity index (χ3v) is 3.84. The maximum absolute atomic E-state index is 12.5. The Morgan fingerprint density at radius 2 is 1.57 bits per heavy atom. The topological polar surface area (TPSA) is 69.7 Å². The number of benzene rings is 1. The lowest BCUT2D eigenvalue weighted by atomic mass is 10.1. The highest BCUT2D eigenvalue weighted by molar-refractivity contribution is 5.95. The maximum atomic E-state index is 12.5. The average Bonchev–Trinajstić information content (AvgIpc) is 2.55. The number of nitrogens with zero attached hydrogens (tertiary/aromatic N) is 2. The van der Waals surface area contributed by atoms with E-state index in [0.29, 0.717) is 43.9 Å². The molecule has 0 aliphatic carbocycles. The Labute approximate surface area is 136 Å². The van der Waals surface area contributed by atoms with E-state index in [1.165, 1.54) is 6.92 Å². The minimum Gasteiger partial charge on any atom is -0.339 e. The Kier molecular flexibility index (Phi) is 5.73. The van der Waals surface area contributed by atoms with Crippen molar-refractivity contribution in [1.82, 2.24) is 9.80 Å². The van der Waals surface area contributed by atoms with Crippen LogP contribution in [0.15, 0.2) is 24.3 Å². The van der Waals surface area contributed by atoms with E-state index < -0.39 is 0 Å². The molecule has 1 aromatic rings. The number of rotatable bonds is 4. The van der Waals surface area contributed by atoms with Crippen LogP contribution in [0.2, 0.25) is 0 Å². The van der Waals surface area contributed by atoms with Gasteiger partial charge in [0.05, 0.1) is 0 Å². The fourth-order valence-electron chi connectivity index (χ4n) is 2.61. The number of carbonyl (C=O) groups is 3. The van der Waals surface area contributed by atoms with Crippen molar-refractivity contribution in [2.24, 2.45) is 0 Å². The zero-order valence-electron chi connectivity index (χ0n) is 13.7. The van der Waals surface area contributed by atoms with Crippen LogP contribution < -0.4 is 5.32 Å². The fraction of sp³-hybridized carbons (Fsp3) is 0.471. The second-order valence-corrected chi connectivity index (χ2v) is 5.68. The second kappa shape index (κ2) is 7.76. The Morgan fingerprint density at radius 1 is 1.00 bits per heavy atom. The van der Waals surface area contributed by atoms with Gasteiger partial charge >= 0.3 is 0 Å². The molecule has 1 saturated heterocycles. The third kappa shape index (κ3) is 4.55. The van der Waals surface area contributed by atoms with Crippen LogP contribution in [-0.2, 0) is 9.59 Å². The van der Waals surface area contributed by atoms with Crippen LogP contribution in [0.5, 0.6) is 0 Å². The minimum atomic E-state index is -0.142. The van der Waals surface area contributed by atoms with E-state index in [1.54, 1.807) is 29.2 Å². The van der Waals surface area contributed by atoms with E-state index in [2.05, 4.69) is 5.32 Å². The van der Waals surface area contributed by atoms with Crippen molar-refractivity contribution >= 4 is 23.4 Å². The molecular weight excluding hydrogens is 294 g/mol. The van der Waals surface area contributed by atoms with Crippen molar-refractivity contribution in [3.05, 3.63) is 29.8 Å². The zero-order valence-corrected chi connectivity index (χ0v) is 13.7. The molecule has 1 fully saturated rings. The summed E-state index contributed by atoms with van der Waals surface area (Å²) in [6.45, 7) is 5.73. The molecule has 124 valence electrons. The van der Waals surface area contributed by atoms with Crippen LogP contribution in [0.1, 0.15) is 37.0 Å². The summed E-state index contributed by atoms with van der Waals surface area (Å²) in [4.78, 5) is 38.9. The van der Waals surface area contributed by atoms with Gasteiger partial charge in [-0.15, -0.1) is 0 Å². The van der Waals surface area contributed by atoms with Gasteiger partial charge in [0.25, 0.3) is 5.91 Å². The SMILES string of the molecule is CCCC(=O)N1CCN(C(=O)c2ccc(NC(C)=O)cc2)CC1. The van der Waals surface area contributed by atoms with E-state index in [1.807, 2.05) is 11.8 Å². The minimum absolute atomic E-state index is 0.0398. The molecule has 1 aliphatic heterocycles. The molecule has 6 heteroatoms. The quantitative estimate of drug-likeness (QED) is 0.919. The molecular formula is C17H23N3O3. The molecule has 1 aromatic carbocycles. The standard InChI is InChI=1S/C17H23N3O3/c1-3-4-16(22)19-9-11-20(12-10-19)17(23)14-5-7-15(8-6-14)18-13(2)21/h5-8H,3-4,9-12H2,1-2H3,(H,18,21). The van der Waals surface area contributed by atoms with Gasteiger partial charge in [0.15, 0.2) is 0 Å². The number of carbonyl (C=O) groups excluding carboxylic acids is 3. The van der Waals surface area contributed by atoms with Gasteiger partial charge in [-0.3, -0.25) is 14.4 Å². The summed E-state index contributed by atoms with van der Waals surface area (Å²) < 4.78 is 0. The summed E-state index contributed by atoms with van der Waals surface area (Å²) in [6, 6.07) is 6.86. The lowest BCUT2D eigenvalue weighted by Gasteiger charge is -2.34. The van der Waals surface area contributed by atoms with Crippen LogP contribution in [0.3, 0.4) is 0 Å². The van der Waals surface area contributed by atoms with Crippen molar-refractivity contribution in [2.45, 2.75) is 26.7 Å². The maximum Gasteiger partial charge on any atom is 0.253 e. The van der Waals surface area contributed by atoms with Gasteiger partial charge in [-0.25, -0.2) is 0 Å². The van der Waals surface area contributed by atoms with E-state index in [0.717, 1.165) is 6.42 Å². The summed E-state index contributed by atoms with van der Waals surface area (Å²) in [6.07, 6.45) is 1.41. The molecule has 23 heavy (non-hydrogen) atoms. The van der Waals surface area contributed by atoms with Crippen molar-refractivity contribution < 1.29 is 14.4 Å². The van der Waals surface area contributed by atoms with Crippen LogP contribution >= 0.6 is 0 Å². The zero-order chi connectivity index (χ0) is 16.8. The molecule has 0 radical (unpaired) electrons. The molecule has 0 unspecified atom stereocenters. The van der Waals surface area contributed by atoms with Crippen LogP contribution in [0, 0.1) is 0 Å². The van der Waals surface area contributed by atoms with Gasteiger partial charge in [0.2, 0.25) is 11.8 Å². The van der Waals surface area contributed by atoms with Crippen LogP contribution in [-0.4, -0.2) is 53.7 Å². The number of hydrogen-bond acceptors (Lipinski definition) is 3. The van der Waals surface area contributed by atoms with Gasteiger partial charge in [0, 0.05) is 50.8 Å². The van der Waals surface area contributed by atoms with Gasteiger partial charge in [-0.2, -0.15) is 0 Å². The van der Waals surface area contributed by atoms with Crippen molar-refractivity contribution in [3.8, 4) is 0 Å². The molecule has 2 rings (SSSR count). The summed E-state index contributed by atoms with van der Waals surface area (Å²) >= 11 is 0. The van der Waals surface area contributed by atoms with Gasteiger partial charge in [0.1, 0.15) is 0 Å². The lowest BCUT2D eigenvalue weighted by Crippen LogP contribution is -2.50. The van der Waals surface area contributed by atoms with Gasteiger partial charge < -0.3 is 15.1 Å². The number of anilines is 1. The first-order chi connectivity index (χ1) is 11.0. The Balaban J connectivity index is 1.92. The highest BCUT2D eigenvalue weighted by Gasteiger charge is 2.24. The Morgan fingerprint density at radius 3 is 2.09 bits per heavy atom. The van der Waals surface area contributed by atoms with Crippen molar-refractivity contribution in [2.75, 3.05) is 31.5 Å². The van der Waals surface area contributed by atoms with Crippen LogP contribution in [0.25, 0.3) is 0 Å². The van der Waals surface area contributed by atoms with E-state index in [4.69, 9.17) is 0 Å². The predicted molar refractivity (Wildman–Crippen MR) is 88.1 cm³/mol. The number of nitrogens with one attached hydrogen (secondary N) is 1. The molecule has 6 nitrogen and oxygen atoms in total. The van der Waals surface area contributed by atoms with Crippen LogP contribution in [0.4, 0.5) is 5.69 Å². The Hall–Kier alpha value is -2.37. The second-order valence-electron chi connectivity index (χ2n) is 5.68. The molecule has 0 spiro atoms. The summed E-state index contributed by atoms with van der Waals surface area (Å²) in [5.74, 6) is -0.0156. The largest absolute Gasteiger partial charge is 0.339 e. The first-order valence-corrected chi connectivity index (χ1v) is 7.96. The molecule has 1 N–H and O–H groups in total. The Bertz CT molecular complexity index is 575. The molecule has 0 saturated carbocycles. The first kappa shape index (κ1) is 17.0. The highest BCUT2D eigenvalue weighted by atomic mass is 16.2. The van der Waals surface area contributed by atoms with E-state index in [-0.39, 0.29) is 17.7 Å². The molecule has 3 amide bonds. The van der Waals surface area contributed by atoms with Gasteiger partial charge in [-0.05, 0) is 30.7 Å². The number of amides is 3. The summed E-state index contributed by atoms with van der Waals surface area (Å²) in [7, 11) is 0. The number of hydrogen-bond donors (Lipinski definition) is 1. The van der Waals surface area contributed by atoms with E-state index in [9.17, 15) is 14.4 Å². The third-order valence-electron chi connectivity index (χ3n) is 3.84. The molecule has 0 atom stereocenters. The summed E-state index contributed by atoms with van der Waals surface area (Å²) in [5, 5.41) is 2.67. The average molecular weight is 317 g/mol. The molecule has 1 heterocycles. The van der Waals surface area contributed by atoms with Crippen molar-refractivity contribution in [1.29, 1.82) is 0 Å². The molecule has 0 aromatic heterocycles. The fourth-order valence-corrected chi connectivity index (χ4v) is 2.61. The lowest BCUT2D eigenvalue weighted by molar-refractivity contribution is -0.132. The first-order valence-electron chi connectivity index (χ1n) is 7.96. The number of piperazine rings is 1. The smallest absolute Gasteiger partial charge is 0.253 e. The predicted octanol–water partition coefficient (Wildman–Crippen LogP) is 1.73. The highest BCUT2D eigenvalue weighted by Crippen LogP contribution is 2.13. The van der Waals surface area contributed by atoms with Gasteiger partial charge in [-0.1, -0.05) is 6.92 Å². The molecule has 1 aliphatic rings. The van der Waals surface area contributed by atoms with Crippen molar-refractivity contribution in [3.63, 3.8) is 0 Å². The normalized spacial score (nSPS) is 14.5. The molecule has 0 bridgehead atoms. The monoisotopic (exact) mass is 317 g/mol. The van der Waals surface area contributed by atoms with E-state index >= 15 is 0 Å². The summed E-state index contributed by atoms with van der Waals surface area (Å²) in [5.41, 5.74) is 1.26.